The van der Waals surface area contributed by atoms with Gasteiger partial charge in [-0.15, -0.1) is 0 Å². The molecular formula is C11H17N3O2. The summed E-state index contributed by atoms with van der Waals surface area (Å²) in [5.41, 5.74) is 0. The minimum Gasteiger partial charge on any atom is -0.464 e. The van der Waals surface area contributed by atoms with Gasteiger partial charge in [-0.1, -0.05) is 6.07 Å². The van der Waals surface area contributed by atoms with Crippen LogP contribution in [0.25, 0.3) is 0 Å². The van der Waals surface area contributed by atoms with Crippen molar-refractivity contribution >= 4 is 17.6 Å². The van der Waals surface area contributed by atoms with E-state index >= 15 is 0 Å². The van der Waals surface area contributed by atoms with Crippen LogP contribution >= 0.6 is 0 Å². The van der Waals surface area contributed by atoms with E-state index in [4.69, 9.17) is 4.74 Å². The summed E-state index contributed by atoms with van der Waals surface area (Å²) in [6, 6.07) is 5.11. The summed E-state index contributed by atoms with van der Waals surface area (Å²) in [4.78, 5) is 15.6. The molecular weight excluding hydrogens is 206 g/mol. The van der Waals surface area contributed by atoms with Gasteiger partial charge < -0.3 is 15.4 Å². The molecule has 5 heteroatoms. The summed E-state index contributed by atoms with van der Waals surface area (Å²) < 4.78 is 4.89. The Morgan fingerprint density at radius 1 is 1.50 bits per heavy atom. The van der Waals surface area contributed by atoms with E-state index in [1.165, 1.54) is 0 Å². The van der Waals surface area contributed by atoms with Gasteiger partial charge in [-0.25, -0.2) is 9.78 Å². The van der Waals surface area contributed by atoms with E-state index in [-0.39, 0.29) is 5.97 Å². The van der Waals surface area contributed by atoms with Crippen molar-refractivity contribution in [3.63, 3.8) is 0 Å². The molecule has 1 heterocycles. The second-order valence-electron chi connectivity index (χ2n) is 3.28. The van der Waals surface area contributed by atoms with Gasteiger partial charge in [-0.05, 0) is 26.0 Å². The molecule has 16 heavy (non-hydrogen) atoms. The number of pyridine rings is 1. The highest BCUT2D eigenvalue weighted by molar-refractivity contribution is 5.78. The van der Waals surface area contributed by atoms with Crippen LogP contribution in [0.2, 0.25) is 0 Å². The van der Waals surface area contributed by atoms with Crippen LogP contribution in [0.3, 0.4) is 0 Å². The molecule has 1 rings (SSSR count). The molecule has 0 amide bonds. The fraction of sp³-hybridized carbons (Fsp3) is 0.455. The monoisotopic (exact) mass is 223 g/mol. The maximum Gasteiger partial charge on any atom is 0.328 e. The van der Waals surface area contributed by atoms with Crippen molar-refractivity contribution in [2.75, 3.05) is 24.3 Å². The molecule has 0 aliphatic heterocycles. The van der Waals surface area contributed by atoms with E-state index in [1.54, 1.807) is 27.0 Å². The van der Waals surface area contributed by atoms with Crippen LogP contribution in [0.15, 0.2) is 18.2 Å². The Bertz CT molecular complexity index is 355. The van der Waals surface area contributed by atoms with E-state index in [0.717, 1.165) is 5.82 Å². The van der Waals surface area contributed by atoms with Crippen LogP contribution in [0.5, 0.6) is 0 Å². The fourth-order valence-corrected chi connectivity index (χ4v) is 1.20. The molecule has 1 unspecified atom stereocenters. The van der Waals surface area contributed by atoms with E-state index in [9.17, 15) is 4.79 Å². The molecule has 0 fully saturated rings. The first-order valence-corrected chi connectivity index (χ1v) is 5.25. The molecule has 2 N–H and O–H groups in total. The zero-order valence-corrected chi connectivity index (χ0v) is 9.78. The number of aromatic nitrogens is 1. The van der Waals surface area contributed by atoms with Crippen LogP contribution < -0.4 is 10.6 Å². The lowest BCUT2D eigenvalue weighted by molar-refractivity contribution is -0.143. The van der Waals surface area contributed by atoms with Gasteiger partial charge in [-0.3, -0.25) is 0 Å². The van der Waals surface area contributed by atoms with Crippen LogP contribution in [0.4, 0.5) is 11.6 Å². The van der Waals surface area contributed by atoms with Gasteiger partial charge in [0.15, 0.2) is 0 Å². The lowest BCUT2D eigenvalue weighted by Gasteiger charge is -2.13. The predicted molar refractivity (Wildman–Crippen MR) is 63.5 cm³/mol. The molecule has 1 aromatic rings. The van der Waals surface area contributed by atoms with Crippen molar-refractivity contribution < 1.29 is 9.53 Å². The number of nitrogens with one attached hydrogen (secondary N) is 2. The Kier molecular flexibility index (Phi) is 4.57. The molecule has 0 spiro atoms. The third kappa shape index (κ3) is 3.42. The molecule has 0 aromatic carbocycles. The van der Waals surface area contributed by atoms with Crippen molar-refractivity contribution in [3.05, 3.63) is 18.2 Å². The number of esters is 1. The quantitative estimate of drug-likeness (QED) is 0.740. The molecule has 0 aliphatic rings. The van der Waals surface area contributed by atoms with Gasteiger partial charge in [0.2, 0.25) is 0 Å². The highest BCUT2D eigenvalue weighted by Gasteiger charge is 2.13. The number of rotatable bonds is 5. The van der Waals surface area contributed by atoms with Crippen molar-refractivity contribution in [1.82, 2.24) is 4.98 Å². The normalized spacial score (nSPS) is 11.7. The molecule has 1 atom stereocenters. The molecule has 0 radical (unpaired) electrons. The smallest absolute Gasteiger partial charge is 0.328 e. The first-order chi connectivity index (χ1) is 7.67. The van der Waals surface area contributed by atoms with Crippen molar-refractivity contribution in [3.8, 4) is 0 Å². The van der Waals surface area contributed by atoms with E-state index in [0.29, 0.717) is 12.4 Å². The second kappa shape index (κ2) is 5.95. The summed E-state index contributed by atoms with van der Waals surface area (Å²) in [6.45, 7) is 3.91. The minimum atomic E-state index is -0.403. The summed E-state index contributed by atoms with van der Waals surface area (Å²) in [5, 5.41) is 5.90. The maximum absolute atomic E-state index is 11.4. The number of carbonyl (C=O) groups excluding carboxylic acids is 1. The van der Waals surface area contributed by atoms with Gasteiger partial charge in [0.05, 0.1) is 6.61 Å². The van der Waals surface area contributed by atoms with Gasteiger partial charge in [-0.2, -0.15) is 0 Å². The lowest BCUT2D eigenvalue weighted by Crippen LogP contribution is -2.28. The largest absolute Gasteiger partial charge is 0.464 e. The summed E-state index contributed by atoms with van der Waals surface area (Å²) in [6.07, 6.45) is 0. The van der Waals surface area contributed by atoms with Gasteiger partial charge in [0.25, 0.3) is 0 Å². The molecule has 0 bridgehead atoms. The third-order valence-corrected chi connectivity index (χ3v) is 2.01. The van der Waals surface area contributed by atoms with Crippen LogP contribution in [-0.2, 0) is 9.53 Å². The fourth-order valence-electron chi connectivity index (χ4n) is 1.20. The number of ether oxygens (including phenoxy) is 1. The standard InChI is InChI=1S/C11H17N3O2/c1-4-16-11(15)8(2)13-10-7-5-6-9(12-3)14-10/h5-8H,4H2,1-3H3,(H2,12,13,14). The van der Waals surface area contributed by atoms with Crippen molar-refractivity contribution in [2.45, 2.75) is 19.9 Å². The van der Waals surface area contributed by atoms with E-state index in [1.807, 2.05) is 12.1 Å². The van der Waals surface area contributed by atoms with E-state index in [2.05, 4.69) is 15.6 Å². The van der Waals surface area contributed by atoms with Crippen molar-refractivity contribution in [1.29, 1.82) is 0 Å². The van der Waals surface area contributed by atoms with Gasteiger partial charge in [0.1, 0.15) is 17.7 Å². The molecule has 0 saturated carbocycles. The zero-order valence-electron chi connectivity index (χ0n) is 9.78. The SMILES string of the molecule is CCOC(=O)C(C)Nc1cccc(NC)n1. The molecule has 1 aromatic heterocycles. The molecule has 0 saturated heterocycles. The Hall–Kier alpha value is -1.78. The zero-order chi connectivity index (χ0) is 12.0. The second-order valence-corrected chi connectivity index (χ2v) is 3.28. The van der Waals surface area contributed by atoms with Crippen molar-refractivity contribution in [2.24, 2.45) is 0 Å². The Morgan fingerprint density at radius 2 is 2.19 bits per heavy atom. The number of hydrogen-bond acceptors (Lipinski definition) is 5. The molecule has 88 valence electrons. The Balaban J connectivity index is 2.61. The summed E-state index contributed by atoms with van der Waals surface area (Å²) in [7, 11) is 1.79. The first-order valence-electron chi connectivity index (χ1n) is 5.25. The maximum atomic E-state index is 11.4. The minimum absolute atomic E-state index is 0.279. The van der Waals surface area contributed by atoms with Crippen LogP contribution in [0.1, 0.15) is 13.8 Å². The Labute approximate surface area is 95.2 Å². The van der Waals surface area contributed by atoms with E-state index < -0.39 is 6.04 Å². The number of carbonyl (C=O) groups is 1. The average molecular weight is 223 g/mol. The van der Waals surface area contributed by atoms with Crippen LogP contribution in [0, 0.1) is 0 Å². The summed E-state index contributed by atoms with van der Waals surface area (Å²) >= 11 is 0. The summed E-state index contributed by atoms with van der Waals surface area (Å²) in [5.74, 6) is 1.12. The highest BCUT2D eigenvalue weighted by atomic mass is 16.5. The Morgan fingerprint density at radius 3 is 2.81 bits per heavy atom. The molecule has 5 nitrogen and oxygen atoms in total. The molecule has 0 aliphatic carbocycles. The number of nitrogens with zero attached hydrogens (tertiary/aromatic N) is 1. The van der Waals surface area contributed by atoms with Gasteiger partial charge >= 0.3 is 5.97 Å². The topological polar surface area (TPSA) is 63.2 Å². The van der Waals surface area contributed by atoms with Gasteiger partial charge in [0, 0.05) is 7.05 Å². The average Bonchev–Trinajstić information content (AvgIpc) is 2.29. The number of anilines is 2. The predicted octanol–water partition coefficient (Wildman–Crippen LogP) is 1.49. The number of hydrogen-bond donors (Lipinski definition) is 2. The first kappa shape index (κ1) is 12.3. The van der Waals surface area contributed by atoms with Crippen LogP contribution in [-0.4, -0.2) is 30.6 Å². The lowest BCUT2D eigenvalue weighted by atomic mass is 10.3. The third-order valence-electron chi connectivity index (χ3n) is 2.01. The highest BCUT2D eigenvalue weighted by Crippen LogP contribution is 2.09.